The standard InChI is InChI=1S/C15H28N2O3/c1-11(2)7-6-10-16-15(20)17-13-9-5-3-4-8-12(13)14(18)19/h11-13H,3-10H2,1-2H3,(H,18,19)(H2,16,17,20). The molecule has 0 saturated heterocycles. The highest BCUT2D eigenvalue weighted by molar-refractivity contribution is 5.76. The Kier molecular flexibility index (Phi) is 7.41. The molecule has 2 atom stereocenters. The lowest BCUT2D eigenvalue weighted by atomic mass is 9.95. The van der Waals surface area contributed by atoms with Crippen molar-refractivity contribution in [1.82, 2.24) is 10.6 Å². The van der Waals surface area contributed by atoms with Crippen molar-refractivity contribution in [3.63, 3.8) is 0 Å². The second-order valence-electron chi connectivity index (χ2n) is 6.13. The minimum Gasteiger partial charge on any atom is -0.481 e. The van der Waals surface area contributed by atoms with E-state index in [4.69, 9.17) is 0 Å². The van der Waals surface area contributed by atoms with Crippen LogP contribution in [0.25, 0.3) is 0 Å². The topological polar surface area (TPSA) is 78.4 Å². The van der Waals surface area contributed by atoms with Crippen molar-refractivity contribution in [3.8, 4) is 0 Å². The number of carboxylic acid groups (broad SMARTS) is 1. The number of aliphatic carboxylic acids is 1. The highest BCUT2D eigenvalue weighted by atomic mass is 16.4. The van der Waals surface area contributed by atoms with E-state index < -0.39 is 11.9 Å². The van der Waals surface area contributed by atoms with Crippen LogP contribution in [0.3, 0.4) is 0 Å². The summed E-state index contributed by atoms with van der Waals surface area (Å²) in [5.41, 5.74) is 0. The quantitative estimate of drug-likeness (QED) is 0.518. The summed E-state index contributed by atoms with van der Waals surface area (Å²) in [5, 5.41) is 14.9. The molecule has 0 spiro atoms. The molecule has 0 aromatic rings. The Morgan fingerprint density at radius 3 is 2.55 bits per heavy atom. The summed E-state index contributed by atoms with van der Waals surface area (Å²) >= 11 is 0. The molecular weight excluding hydrogens is 256 g/mol. The third-order valence-electron chi connectivity index (χ3n) is 3.89. The fraction of sp³-hybridized carbons (Fsp3) is 0.867. The molecule has 0 radical (unpaired) electrons. The van der Waals surface area contributed by atoms with E-state index in [1.807, 2.05) is 0 Å². The first-order valence-electron chi connectivity index (χ1n) is 7.78. The summed E-state index contributed by atoms with van der Waals surface area (Å²) in [6, 6.07) is -0.466. The molecule has 1 saturated carbocycles. The molecule has 0 heterocycles. The monoisotopic (exact) mass is 284 g/mol. The minimum atomic E-state index is -0.794. The summed E-state index contributed by atoms with van der Waals surface area (Å²) in [5.74, 6) is -0.603. The first-order chi connectivity index (χ1) is 9.50. The summed E-state index contributed by atoms with van der Waals surface area (Å²) < 4.78 is 0. The molecule has 1 rings (SSSR count). The molecule has 0 aromatic heterocycles. The normalized spacial score (nSPS) is 23.1. The first-order valence-corrected chi connectivity index (χ1v) is 7.78. The predicted molar refractivity (Wildman–Crippen MR) is 78.6 cm³/mol. The number of urea groups is 1. The van der Waals surface area contributed by atoms with Crippen molar-refractivity contribution in [2.45, 2.75) is 64.8 Å². The number of rotatable bonds is 6. The van der Waals surface area contributed by atoms with E-state index in [0.29, 0.717) is 18.9 Å². The van der Waals surface area contributed by atoms with E-state index in [9.17, 15) is 14.7 Å². The minimum absolute atomic E-state index is 0.230. The number of carboxylic acids is 1. The molecule has 1 aliphatic carbocycles. The van der Waals surface area contributed by atoms with Crippen molar-refractivity contribution < 1.29 is 14.7 Å². The van der Waals surface area contributed by atoms with Gasteiger partial charge < -0.3 is 15.7 Å². The number of amides is 2. The van der Waals surface area contributed by atoms with Crippen molar-refractivity contribution in [1.29, 1.82) is 0 Å². The Balaban J connectivity index is 2.35. The SMILES string of the molecule is CC(C)CCCNC(=O)NC1CCCCCC1C(=O)O. The van der Waals surface area contributed by atoms with Crippen LogP contribution >= 0.6 is 0 Å². The van der Waals surface area contributed by atoms with Crippen molar-refractivity contribution in [2.24, 2.45) is 11.8 Å². The fourth-order valence-corrected chi connectivity index (χ4v) is 2.71. The molecule has 3 N–H and O–H groups in total. The molecule has 0 aromatic carbocycles. The van der Waals surface area contributed by atoms with Gasteiger partial charge in [-0.25, -0.2) is 4.79 Å². The number of hydrogen-bond donors (Lipinski definition) is 3. The van der Waals surface area contributed by atoms with Gasteiger partial charge in [-0.2, -0.15) is 0 Å². The summed E-state index contributed by atoms with van der Waals surface area (Å²) in [6.07, 6.45) is 6.44. The molecule has 116 valence electrons. The average Bonchev–Trinajstić information content (AvgIpc) is 2.60. The Bertz CT molecular complexity index is 318. The first kappa shape index (κ1) is 16.8. The van der Waals surface area contributed by atoms with Crippen molar-refractivity contribution in [3.05, 3.63) is 0 Å². The molecule has 2 unspecified atom stereocenters. The third-order valence-corrected chi connectivity index (χ3v) is 3.89. The molecule has 5 nitrogen and oxygen atoms in total. The van der Waals surface area contributed by atoms with Gasteiger partial charge in [-0.3, -0.25) is 4.79 Å². The van der Waals surface area contributed by atoms with Crippen LogP contribution < -0.4 is 10.6 Å². The number of carbonyl (C=O) groups excluding carboxylic acids is 1. The van der Waals surface area contributed by atoms with Gasteiger partial charge in [0.1, 0.15) is 0 Å². The average molecular weight is 284 g/mol. The maximum Gasteiger partial charge on any atom is 0.315 e. The lowest BCUT2D eigenvalue weighted by Gasteiger charge is -2.23. The van der Waals surface area contributed by atoms with Gasteiger partial charge in [0, 0.05) is 12.6 Å². The van der Waals surface area contributed by atoms with E-state index in [0.717, 1.165) is 38.5 Å². The second kappa shape index (κ2) is 8.82. The Labute approximate surface area is 121 Å². The smallest absolute Gasteiger partial charge is 0.315 e. The van der Waals surface area contributed by atoms with Crippen LogP contribution in [0.1, 0.15) is 58.8 Å². The molecule has 5 heteroatoms. The van der Waals surface area contributed by atoms with Gasteiger partial charge in [0.05, 0.1) is 5.92 Å². The Morgan fingerprint density at radius 2 is 1.90 bits per heavy atom. The van der Waals surface area contributed by atoms with Crippen molar-refractivity contribution >= 4 is 12.0 Å². The van der Waals surface area contributed by atoms with Gasteiger partial charge in [-0.1, -0.05) is 33.1 Å². The maximum atomic E-state index is 11.8. The highest BCUT2D eigenvalue weighted by Crippen LogP contribution is 2.23. The van der Waals surface area contributed by atoms with Crippen LogP contribution in [-0.4, -0.2) is 29.7 Å². The largest absolute Gasteiger partial charge is 0.481 e. The molecule has 2 amide bonds. The van der Waals surface area contributed by atoms with Gasteiger partial charge in [0.25, 0.3) is 0 Å². The number of carbonyl (C=O) groups is 2. The maximum absolute atomic E-state index is 11.8. The lowest BCUT2D eigenvalue weighted by Crippen LogP contribution is -2.47. The van der Waals surface area contributed by atoms with E-state index in [2.05, 4.69) is 24.5 Å². The zero-order valence-electron chi connectivity index (χ0n) is 12.7. The van der Waals surface area contributed by atoms with Crippen LogP contribution in [0.15, 0.2) is 0 Å². The molecule has 1 aliphatic rings. The number of nitrogens with one attached hydrogen (secondary N) is 2. The zero-order chi connectivity index (χ0) is 15.0. The van der Waals surface area contributed by atoms with E-state index in [1.54, 1.807) is 0 Å². The lowest BCUT2D eigenvalue weighted by molar-refractivity contribution is -0.142. The summed E-state index contributed by atoms with van der Waals surface area (Å²) in [4.78, 5) is 23.1. The zero-order valence-corrected chi connectivity index (χ0v) is 12.7. The number of hydrogen-bond acceptors (Lipinski definition) is 2. The Hall–Kier alpha value is -1.26. The molecule has 0 aliphatic heterocycles. The summed E-state index contributed by atoms with van der Waals surface area (Å²) in [6.45, 7) is 4.96. The van der Waals surface area contributed by atoms with Crippen LogP contribution in [-0.2, 0) is 4.79 Å². The Morgan fingerprint density at radius 1 is 1.20 bits per heavy atom. The van der Waals surface area contributed by atoms with E-state index in [1.165, 1.54) is 0 Å². The second-order valence-corrected chi connectivity index (χ2v) is 6.13. The van der Waals surface area contributed by atoms with Crippen LogP contribution in [0.5, 0.6) is 0 Å². The predicted octanol–water partition coefficient (Wildman–Crippen LogP) is 2.76. The van der Waals surface area contributed by atoms with Gasteiger partial charge >= 0.3 is 12.0 Å². The third kappa shape index (κ3) is 6.26. The van der Waals surface area contributed by atoms with Gasteiger partial charge in [-0.05, 0) is 31.6 Å². The van der Waals surface area contributed by atoms with Crippen LogP contribution in [0.2, 0.25) is 0 Å². The van der Waals surface area contributed by atoms with Crippen molar-refractivity contribution in [2.75, 3.05) is 6.54 Å². The van der Waals surface area contributed by atoms with Gasteiger partial charge in [0.15, 0.2) is 0 Å². The highest BCUT2D eigenvalue weighted by Gasteiger charge is 2.30. The summed E-state index contributed by atoms with van der Waals surface area (Å²) in [7, 11) is 0. The van der Waals surface area contributed by atoms with Crippen LogP contribution in [0, 0.1) is 11.8 Å². The van der Waals surface area contributed by atoms with E-state index >= 15 is 0 Å². The van der Waals surface area contributed by atoms with E-state index in [-0.39, 0.29) is 12.1 Å². The molecule has 20 heavy (non-hydrogen) atoms. The van der Waals surface area contributed by atoms with Gasteiger partial charge in [0.2, 0.25) is 0 Å². The molecule has 0 bridgehead atoms. The fourth-order valence-electron chi connectivity index (χ4n) is 2.71. The molecule has 1 fully saturated rings. The van der Waals surface area contributed by atoms with Crippen LogP contribution in [0.4, 0.5) is 4.79 Å². The molecular formula is C15H28N2O3. The van der Waals surface area contributed by atoms with Gasteiger partial charge in [-0.15, -0.1) is 0 Å².